The summed E-state index contributed by atoms with van der Waals surface area (Å²) in [6, 6.07) is 33.3. The Morgan fingerprint density at radius 3 is 1.96 bits per heavy atom. The molecule has 51 heavy (non-hydrogen) atoms. The quantitative estimate of drug-likeness (QED) is 0.0816. The third kappa shape index (κ3) is 9.43. The molecule has 0 aliphatic heterocycles. The minimum absolute atomic E-state index is 0.0305. The van der Waals surface area contributed by atoms with Gasteiger partial charge in [-0.25, -0.2) is 0 Å². The lowest BCUT2D eigenvalue weighted by atomic mass is 10.1. The van der Waals surface area contributed by atoms with E-state index in [0.29, 0.717) is 44.8 Å². The van der Waals surface area contributed by atoms with Gasteiger partial charge in [0.15, 0.2) is 11.5 Å². The highest BCUT2D eigenvalue weighted by atomic mass is 35.5. The number of carbonyl (C=O) groups excluding carboxylic acids is 3. The molecule has 5 aromatic carbocycles. The van der Waals surface area contributed by atoms with Crippen molar-refractivity contribution >= 4 is 70.1 Å². The molecule has 0 radical (unpaired) electrons. The molecule has 0 bridgehead atoms. The minimum atomic E-state index is -0.636. The highest BCUT2D eigenvalue weighted by Crippen LogP contribution is 2.40. The van der Waals surface area contributed by atoms with Gasteiger partial charge in [0.1, 0.15) is 10.9 Å². The molecule has 0 saturated carbocycles. The maximum atomic E-state index is 13.7. The summed E-state index contributed by atoms with van der Waals surface area (Å²) in [6.45, 7) is 0. The smallest absolute Gasteiger partial charge is 0.272 e. The van der Waals surface area contributed by atoms with E-state index in [4.69, 9.17) is 37.4 Å². The highest BCUT2D eigenvalue weighted by molar-refractivity contribution is 8.00. The van der Waals surface area contributed by atoms with Gasteiger partial charge in [0.2, 0.25) is 11.7 Å². The molecule has 0 aliphatic carbocycles. The summed E-state index contributed by atoms with van der Waals surface area (Å²) in [5.41, 5.74) is 2.50. The van der Waals surface area contributed by atoms with Crippen molar-refractivity contribution in [2.45, 2.75) is 10.1 Å². The lowest BCUT2D eigenvalue weighted by molar-refractivity contribution is -0.116. The van der Waals surface area contributed by atoms with Gasteiger partial charge in [-0.1, -0.05) is 77.8 Å². The number of hydrogen-bond acceptors (Lipinski definition) is 7. The average molecular weight is 743 g/mol. The number of thioether (sulfide) groups is 1. The van der Waals surface area contributed by atoms with Crippen LogP contribution in [0.25, 0.3) is 6.08 Å². The van der Waals surface area contributed by atoms with Crippen LogP contribution in [0.5, 0.6) is 17.2 Å². The summed E-state index contributed by atoms with van der Waals surface area (Å²) in [7, 11) is 4.47. The van der Waals surface area contributed by atoms with Crippen LogP contribution in [-0.4, -0.2) is 39.1 Å². The molecule has 0 aliphatic rings. The van der Waals surface area contributed by atoms with Crippen molar-refractivity contribution in [2.75, 3.05) is 32.0 Å². The van der Waals surface area contributed by atoms with Gasteiger partial charge in [0.25, 0.3) is 11.8 Å². The maximum absolute atomic E-state index is 13.7. The molecule has 5 aromatic rings. The van der Waals surface area contributed by atoms with Crippen molar-refractivity contribution in [3.8, 4) is 17.2 Å². The van der Waals surface area contributed by atoms with Gasteiger partial charge in [-0.2, -0.15) is 0 Å². The zero-order valence-electron chi connectivity index (χ0n) is 27.7. The SMILES string of the molecule is COc1cc(/C=C(\NC(=O)c2ccccc2)C(=O)Nc2ccc(SC(C(=O)Nc3cccc(Cl)c3Cl)c3ccccc3)cc2)cc(OC)c1OC. The fourth-order valence-corrected chi connectivity index (χ4v) is 6.32. The first-order valence-corrected chi connectivity index (χ1v) is 17.1. The molecule has 0 saturated heterocycles. The Hall–Kier alpha value is -5.42. The lowest BCUT2D eigenvalue weighted by Crippen LogP contribution is -2.30. The third-order valence-corrected chi connectivity index (χ3v) is 9.53. The summed E-state index contributed by atoms with van der Waals surface area (Å²) in [6.07, 6.45) is 1.51. The summed E-state index contributed by atoms with van der Waals surface area (Å²) >= 11 is 13.8. The number of benzene rings is 5. The van der Waals surface area contributed by atoms with Gasteiger partial charge in [0, 0.05) is 16.1 Å². The van der Waals surface area contributed by atoms with Crippen LogP contribution in [0.4, 0.5) is 11.4 Å². The Labute approximate surface area is 309 Å². The molecule has 3 N–H and O–H groups in total. The van der Waals surface area contributed by atoms with Gasteiger partial charge in [-0.3, -0.25) is 14.4 Å². The molecule has 1 unspecified atom stereocenters. The zero-order valence-corrected chi connectivity index (χ0v) is 30.1. The van der Waals surface area contributed by atoms with E-state index < -0.39 is 17.1 Å². The standard InChI is InChI=1S/C39H33Cl2N3O6S/c1-48-32-22-24(23-33(49-2)35(32)50-3)21-31(44-37(45)26-13-8-5-9-14-26)38(46)42-27-17-19-28(20-18-27)51-36(25-11-6-4-7-12-25)39(47)43-30-16-10-15-29(40)34(30)41/h4-23,36H,1-3H3,(H,42,46)(H,43,47)(H,44,45)/b31-21-. The molecule has 12 heteroatoms. The van der Waals surface area contributed by atoms with Crippen LogP contribution < -0.4 is 30.2 Å². The predicted octanol–water partition coefficient (Wildman–Crippen LogP) is 8.90. The first kappa shape index (κ1) is 36.9. The summed E-state index contributed by atoms with van der Waals surface area (Å²) < 4.78 is 16.4. The molecule has 5 rings (SSSR count). The monoisotopic (exact) mass is 741 g/mol. The second kappa shape index (κ2) is 17.5. The number of halogens is 2. The number of ether oxygens (including phenoxy) is 3. The Morgan fingerprint density at radius 1 is 0.725 bits per heavy atom. The van der Waals surface area contributed by atoms with Gasteiger partial charge in [0.05, 0.1) is 37.1 Å². The fourth-order valence-electron chi connectivity index (χ4n) is 4.94. The van der Waals surface area contributed by atoms with Crippen LogP contribution in [0.3, 0.4) is 0 Å². The fraction of sp³-hybridized carbons (Fsp3) is 0.103. The van der Waals surface area contributed by atoms with Gasteiger partial charge < -0.3 is 30.2 Å². The maximum Gasteiger partial charge on any atom is 0.272 e. The van der Waals surface area contributed by atoms with Crippen LogP contribution >= 0.6 is 35.0 Å². The first-order valence-electron chi connectivity index (χ1n) is 15.5. The van der Waals surface area contributed by atoms with Gasteiger partial charge in [-0.15, -0.1) is 11.8 Å². The Bertz CT molecular complexity index is 2020. The highest BCUT2D eigenvalue weighted by Gasteiger charge is 2.24. The Balaban J connectivity index is 1.39. The van der Waals surface area contributed by atoms with Crippen LogP contribution in [0.1, 0.15) is 26.7 Å². The second-order valence-electron chi connectivity index (χ2n) is 10.8. The normalized spacial score (nSPS) is 11.6. The molecule has 0 spiro atoms. The number of methoxy groups -OCH3 is 3. The second-order valence-corrected chi connectivity index (χ2v) is 12.8. The Kier molecular flexibility index (Phi) is 12.6. The molecule has 0 fully saturated rings. The van der Waals surface area contributed by atoms with Crippen molar-refractivity contribution in [1.29, 1.82) is 0 Å². The molecular weight excluding hydrogens is 709 g/mol. The van der Waals surface area contributed by atoms with E-state index in [0.717, 1.165) is 10.5 Å². The molecule has 0 aromatic heterocycles. The number of anilines is 2. The molecular formula is C39H33Cl2N3O6S. The van der Waals surface area contributed by atoms with E-state index in [2.05, 4.69) is 16.0 Å². The summed E-state index contributed by atoms with van der Waals surface area (Å²) in [4.78, 5) is 41.2. The van der Waals surface area contributed by atoms with E-state index in [-0.39, 0.29) is 16.6 Å². The van der Waals surface area contributed by atoms with Crippen molar-refractivity contribution in [1.82, 2.24) is 5.32 Å². The van der Waals surface area contributed by atoms with Crippen LogP contribution in [-0.2, 0) is 9.59 Å². The van der Waals surface area contributed by atoms with Crippen molar-refractivity contribution in [3.63, 3.8) is 0 Å². The van der Waals surface area contributed by atoms with E-state index in [9.17, 15) is 14.4 Å². The van der Waals surface area contributed by atoms with Crippen LogP contribution in [0.15, 0.2) is 126 Å². The predicted molar refractivity (Wildman–Crippen MR) is 203 cm³/mol. The van der Waals surface area contributed by atoms with E-state index >= 15 is 0 Å². The van der Waals surface area contributed by atoms with Crippen molar-refractivity contribution < 1.29 is 28.6 Å². The number of amides is 3. The number of rotatable bonds is 13. The summed E-state index contributed by atoms with van der Waals surface area (Å²) in [5.74, 6) is -0.195. The molecule has 9 nitrogen and oxygen atoms in total. The molecule has 1 atom stereocenters. The minimum Gasteiger partial charge on any atom is -0.493 e. The number of nitrogens with one attached hydrogen (secondary N) is 3. The summed E-state index contributed by atoms with van der Waals surface area (Å²) in [5, 5.41) is 8.42. The van der Waals surface area contributed by atoms with Crippen LogP contribution in [0.2, 0.25) is 10.0 Å². The van der Waals surface area contributed by atoms with Crippen molar-refractivity contribution in [2.24, 2.45) is 0 Å². The van der Waals surface area contributed by atoms with Crippen molar-refractivity contribution in [3.05, 3.63) is 148 Å². The van der Waals surface area contributed by atoms with Gasteiger partial charge >= 0.3 is 0 Å². The van der Waals surface area contributed by atoms with E-state index in [1.54, 1.807) is 84.9 Å². The number of hydrogen-bond donors (Lipinski definition) is 3. The molecule has 260 valence electrons. The lowest BCUT2D eigenvalue weighted by Gasteiger charge is -2.18. The van der Waals surface area contributed by atoms with Gasteiger partial charge in [-0.05, 0) is 77.9 Å². The zero-order chi connectivity index (χ0) is 36.3. The Morgan fingerprint density at radius 2 is 1.35 bits per heavy atom. The molecule has 0 heterocycles. The van der Waals surface area contributed by atoms with Crippen LogP contribution in [0, 0.1) is 0 Å². The average Bonchev–Trinajstić information content (AvgIpc) is 3.16. The molecule has 3 amide bonds. The van der Waals surface area contributed by atoms with E-state index in [1.165, 1.54) is 39.2 Å². The largest absolute Gasteiger partial charge is 0.493 e. The van der Waals surface area contributed by atoms with E-state index in [1.807, 2.05) is 30.3 Å². The first-order chi connectivity index (χ1) is 24.7. The topological polar surface area (TPSA) is 115 Å². The third-order valence-electron chi connectivity index (χ3n) is 7.44. The number of carbonyl (C=O) groups is 3.